The number of hydrogen-bond acceptors (Lipinski definition) is 8. The first-order chi connectivity index (χ1) is 17.4. The van der Waals surface area contributed by atoms with Crippen molar-refractivity contribution in [1.82, 2.24) is 0 Å². The third kappa shape index (κ3) is 8.44. The Labute approximate surface area is 213 Å². The summed E-state index contributed by atoms with van der Waals surface area (Å²) in [5, 5.41) is 0. The number of hydrogen-bond donors (Lipinski definition) is 0. The summed E-state index contributed by atoms with van der Waals surface area (Å²) in [5.74, 6) is -3.10. The van der Waals surface area contributed by atoms with Crippen LogP contribution in [0.15, 0.2) is 30.3 Å². The number of carbonyl (C=O) groups excluding carboxylic acids is 3. The van der Waals surface area contributed by atoms with Crippen LogP contribution in [0.4, 0.5) is 4.39 Å². The smallest absolute Gasteiger partial charge is 0.321 e. The van der Waals surface area contributed by atoms with Crippen molar-refractivity contribution in [1.29, 1.82) is 0 Å². The van der Waals surface area contributed by atoms with E-state index in [1.807, 2.05) is 6.07 Å². The van der Waals surface area contributed by atoms with Gasteiger partial charge in [-0.2, -0.15) is 0 Å². The van der Waals surface area contributed by atoms with Gasteiger partial charge in [0.1, 0.15) is 18.6 Å². The summed E-state index contributed by atoms with van der Waals surface area (Å²) < 4.78 is 58.4. The summed E-state index contributed by atoms with van der Waals surface area (Å²) in [6.45, 7) is 4.76. The minimum atomic E-state index is -2.10. The minimum Gasteiger partial charge on any atom is -0.462 e. The first-order valence-electron chi connectivity index (χ1n) is 12.4. The molecule has 35 heavy (non-hydrogen) atoms. The highest BCUT2D eigenvalue weighted by Gasteiger charge is 2.52. The molecule has 0 amide bonds. The highest BCUT2D eigenvalue weighted by Crippen LogP contribution is 2.32. The topological polar surface area (TPSA) is 97.4 Å². The van der Waals surface area contributed by atoms with Crippen molar-refractivity contribution < 1.29 is 45.2 Å². The van der Waals surface area contributed by atoms with Crippen LogP contribution in [-0.2, 0) is 44.7 Å². The Morgan fingerprint density at radius 2 is 1.66 bits per heavy atom. The number of alkyl halides is 2. The van der Waals surface area contributed by atoms with Gasteiger partial charge in [0, 0.05) is 2.74 Å². The van der Waals surface area contributed by atoms with Gasteiger partial charge in [-0.15, -0.1) is 11.6 Å². The molecule has 10 heteroatoms. The largest absolute Gasteiger partial charge is 0.462 e. The maximum atomic E-state index is 15.8. The van der Waals surface area contributed by atoms with Gasteiger partial charge < -0.3 is 23.7 Å². The molecule has 0 saturated carbocycles. The van der Waals surface area contributed by atoms with E-state index in [0.29, 0.717) is 0 Å². The minimum absolute atomic E-state index is 0.0192. The van der Waals surface area contributed by atoms with E-state index in [-0.39, 0.29) is 20.4 Å². The second kappa shape index (κ2) is 12.1. The number of carbonyl (C=O) groups is 3. The molecule has 0 aromatic heterocycles. The van der Waals surface area contributed by atoms with Gasteiger partial charge in [0.15, 0.2) is 24.7 Å². The molecule has 0 radical (unpaired) electrons. The molecule has 0 aliphatic carbocycles. The van der Waals surface area contributed by atoms with Gasteiger partial charge in [-0.1, -0.05) is 30.3 Å². The van der Waals surface area contributed by atoms with Crippen molar-refractivity contribution in [2.45, 2.75) is 78.9 Å². The zero-order valence-corrected chi connectivity index (χ0v) is 21.1. The van der Waals surface area contributed by atoms with E-state index in [1.165, 1.54) is 27.7 Å². The standard InChI is InChI=1S/C25H34ClFO8/c1-24(2,3)22(29)32-14-16-18(27)19(35-23(30)25(4,5)6)20(34-17(28)12-26)21(33-16)31-13-15-10-8-7-9-11-15/h7-11,16,18-21H,12-14H2,1-6H3/t16-,18-,19+,20-,21?/m1/s1/i1D,4D. The van der Waals surface area contributed by atoms with E-state index in [1.54, 1.807) is 24.3 Å². The zero-order chi connectivity index (χ0) is 27.8. The average Bonchev–Trinajstić information content (AvgIpc) is 2.89. The Balaban J connectivity index is 2.35. The molecular formula is C25H34ClFO8. The van der Waals surface area contributed by atoms with Gasteiger partial charge in [0.25, 0.3) is 0 Å². The third-order valence-electron chi connectivity index (χ3n) is 4.93. The summed E-state index contributed by atoms with van der Waals surface area (Å²) in [6.07, 6.45) is -8.19. The van der Waals surface area contributed by atoms with E-state index in [0.717, 1.165) is 5.56 Å². The van der Waals surface area contributed by atoms with Crippen LogP contribution in [-0.4, -0.2) is 61.2 Å². The fourth-order valence-electron chi connectivity index (χ4n) is 2.96. The lowest BCUT2D eigenvalue weighted by atomic mass is 9.95. The first-order valence-corrected chi connectivity index (χ1v) is 11.6. The lowest BCUT2D eigenvalue weighted by Crippen LogP contribution is -2.61. The van der Waals surface area contributed by atoms with Gasteiger partial charge in [-0.25, -0.2) is 4.39 Å². The van der Waals surface area contributed by atoms with E-state index in [4.69, 9.17) is 38.0 Å². The molecule has 1 fully saturated rings. The molecule has 1 aliphatic rings. The fourth-order valence-corrected chi connectivity index (χ4v) is 3.03. The quantitative estimate of drug-likeness (QED) is 0.290. The predicted octanol–water partition coefficient (Wildman–Crippen LogP) is 3.96. The Kier molecular flexibility index (Phi) is 8.97. The van der Waals surface area contributed by atoms with Crippen molar-refractivity contribution in [2.24, 2.45) is 10.8 Å². The predicted molar refractivity (Wildman–Crippen MR) is 125 cm³/mol. The average molecular weight is 519 g/mol. The number of benzene rings is 1. The van der Waals surface area contributed by atoms with Crippen LogP contribution >= 0.6 is 11.6 Å². The zero-order valence-electron chi connectivity index (χ0n) is 22.3. The van der Waals surface area contributed by atoms with Crippen LogP contribution in [0, 0.1) is 10.8 Å². The van der Waals surface area contributed by atoms with Crippen molar-refractivity contribution in [3.05, 3.63) is 35.9 Å². The summed E-state index contributed by atoms with van der Waals surface area (Å²) >= 11 is 5.59. The molecule has 5 atom stereocenters. The molecule has 1 aromatic rings. The highest BCUT2D eigenvalue weighted by molar-refractivity contribution is 6.26. The molecule has 1 unspecified atom stereocenters. The van der Waals surface area contributed by atoms with E-state index in [9.17, 15) is 14.4 Å². The van der Waals surface area contributed by atoms with E-state index < -0.39 is 72.0 Å². The molecule has 0 spiro atoms. The highest BCUT2D eigenvalue weighted by atomic mass is 35.5. The molecule has 2 rings (SSSR count). The van der Waals surface area contributed by atoms with Crippen molar-refractivity contribution in [3.8, 4) is 0 Å². The van der Waals surface area contributed by atoms with Gasteiger partial charge in [0.05, 0.1) is 17.4 Å². The van der Waals surface area contributed by atoms with Gasteiger partial charge >= 0.3 is 17.9 Å². The van der Waals surface area contributed by atoms with Crippen LogP contribution in [0.5, 0.6) is 0 Å². The van der Waals surface area contributed by atoms with Crippen molar-refractivity contribution in [2.75, 3.05) is 12.5 Å². The first kappa shape index (κ1) is 25.9. The summed E-state index contributed by atoms with van der Waals surface area (Å²) in [5.41, 5.74) is -1.67. The van der Waals surface area contributed by atoms with E-state index in [2.05, 4.69) is 0 Å². The summed E-state index contributed by atoms with van der Waals surface area (Å²) in [4.78, 5) is 37.2. The molecule has 1 aromatic carbocycles. The van der Waals surface area contributed by atoms with Gasteiger partial charge in [-0.05, 0) is 47.1 Å². The summed E-state index contributed by atoms with van der Waals surface area (Å²) in [7, 11) is 0. The number of ether oxygens (including phenoxy) is 5. The summed E-state index contributed by atoms with van der Waals surface area (Å²) in [6, 6.07) is 8.93. The van der Waals surface area contributed by atoms with Crippen LogP contribution in [0.25, 0.3) is 0 Å². The number of halogens is 2. The monoisotopic (exact) mass is 518 g/mol. The normalized spacial score (nSPS) is 25.7. The van der Waals surface area contributed by atoms with Crippen LogP contribution < -0.4 is 0 Å². The number of esters is 3. The van der Waals surface area contributed by atoms with Crippen LogP contribution in [0.1, 0.15) is 49.8 Å². The third-order valence-corrected chi connectivity index (χ3v) is 5.15. The Morgan fingerprint density at radius 3 is 2.26 bits per heavy atom. The molecule has 0 bridgehead atoms. The fraction of sp³-hybridized carbons (Fsp3) is 0.640. The van der Waals surface area contributed by atoms with Crippen LogP contribution in [0.2, 0.25) is 0 Å². The maximum Gasteiger partial charge on any atom is 0.321 e. The molecule has 1 aliphatic heterocycles. The second-order valence-electron chi connectivity index (χ2n) is 9.61. The molecule has 1 saturated heterocycles. The molecular weight excluding hydrogens is 483 g/mol. The van der Waals surface area contributed by atoms with Crippen LogP contribution in [0.3, 0.4) is 0 Å². The SMILES string of the molecule is [2H]CC(C)(C)C(=O)OC[C@H]1OC(OCc2ccccc2)[C@H](OC(=O)CCl)[C@@H](OC(=O)C(C)(C)C[2H])[C@@H]1F. The van der Waals surface area contributed by atoms with Gasteiger partial charge in [-0.3, -0.25) is 14.4 Å². The lowest BCUT2D eigenvalue weighted by Gasteiger charge is -2.42. The molecule has 8 nitrogen and oxygen atoms in total. The molecule has 0 N–H and O–H groups in total. The number of rotatable bonds is 8. The molecule has 196 valence electrons. The molecule has 1 heterocycles. The lowest BCUT2D eigenvalue weighted by molar-refractivity contribution is -0.301. The Hall–Kier alpha value is -2.23. The second-order valence-corrected chi connectivity index (χ2v) is 9.88. The van der Waals surface area contributed by atoms with E-state index >= 15 is 4.39 Å². The Bertz CT molecular complexity index is 917. The maximum absolute atomic E-state index is 15.8. The Morgan fingerprint density at radius 1 is 1.03 bits per heavy atom. The van der Waals surface area contributed by atoms with Crippen molar-refractivity contribution in [3.63, 3.8) is 0 Å². The van der Waals surface area contributed by atoms with Crippen molar-refractivity contribution >= 4 is 29.5 Å². The van der Waals surface area contributed by atoms with Gasteiger partial charge in [0.2, 0.25) is 0 Å².